The van der Waals surface area contributed by atoms with Gasteiger partial charge in [-0.15, -0.1) is 4.41 Å². The Morgan fingerprint density at radius 2 is 1.94 bits per heavy atom. The molecule has 0 radical (unpaired) electrons. The maximum absolute atomic E-state index is 15.1. The zero-order valence-corrected chi connectivity index (χ0v) is 19.4. The molecule has 0 bridgehead atoms. The number of sulfonamides is 1. The highest BCUT2D eigenvalue weighted by Gasteiger charge is 2.33. The van der Waals surface area contributed by atoms with E-state index in [9.17, 15) is 18.0 Å². The normalized spacial score (nSPS) is 19.6. The average Bonchev–Trinajstić information content (AvgIpc) is 3.02. The Labute approximate surface area is 197 Å². The number of hydrogen-bond donors (Lipinski definition) is 2. The Morgan fingerprint density at radius 3 is 2.65 bits per heavy atom. The van der Waals surface area contributed by atoms with Crippen molar-refractivity contribution < 1.29 is 27.1 Å². The number of anilines is 2. The van der Waals surface area contributed by atoms with Gasteiger partial charge in [-0.1, -0.05) is 18.2 Å². The van der Waals surface area contributed by atoms with Gasteiger partial charge in [0.05, 0.1) is 29.4 Å². The fraction of sp³-hybridized carbons (Fsp3) is 0.364. The van der Waals surface area contributed by atoms with Gasteiger partial charge >= 0.3 is 6.09 Å². The number of nitrogens with one attached hydrogen (secondary N) is 2. The quantitative estimate of drug-likeness (QED) is 0.627. The van der Waals surface area contributed by atoms with E-state index in [0.717, 1.165) is 0 Å². The zero-order chi connectivity index (χ0) is 24.3. The van der Waals surface area contributed by atoms with Crippen molar-refractivity contribution in [3.8, 4) is 0 Å². The molecule has 2 aromatic carbocycles. The summed E-state index contributed by atoms with van der Waals surface area (Å²) in [5, 5.41) is 2.60. The predicted molar refractivity (Wildman–Crippen MR) is 123 cm³/mol. The Bertz CT molecular complexity index is 1160. The molecular formula is C22H26FN5O5S. The SMILES string of the molecule is CC(=O)NC[C@H]1CN(c2ccc(N3CCNN(S(=O)(=O)c4ccccc4)CC3)c(F)c2)C(=O)O1. The second kappa shape index (κ2) is 9.95. The van der Waals surface area contributed by atoms with Crippen molar-refractivity contribution in [2.45, 2.75) is 17.9 Å². The molecule has 34 heavy (non-hydrogen) atoms. The molecule has 2 aliphatic rings. The molecule has 0 aromatic heterocycles. The first kappa shape index (κ1) is 23.9. The van der Waals surface area contributed by atoms with Crippen molar-refractivity contribution in [2.24, 2.45) is 0 Å². The van der Waals surface area contributed by atoms with Crippen molar-refractivity contribution in [3.63, 3.8) is 0 Å². The highest BCUT2D eigenvalue weighted by molar-refractivity contribution is 7.89. The lowest BCUT2D eigenvalue weighted by Crippen LogP contribution is -2.43. The van der Waals surface area contributed by atoms with Crippen LogP contribution in [-0.2, 0) is 19.6 Å². The van der Waals surface area contributed by atoms with Crippen molar-refractivity contribution in [3.05, 3.63) is 54.3 Å². The third kappa shape index (κ3) is 5.13. The van der Waals surface area contributed by atoms with Crippen molar-refractivity contribution in [1.29, 1.82) is 0 Å². The number of rotatable bonds is 6. The van der Waals surface area contributed by atoms with Gasteiger partial charge < -0.3 is 15.0 Å². The van der Waals surface area contributed by atoms with Crippen LogP contribution in [0, 0.1) is 5.82 Å². The maximum Gasteiger partial charge on any atom is 0.414 e. The molecule has 1 atom stereocenters. The van der Waals surface area contributed by atoms with Crippen LogP contribution in [0.5, 0.6) is 0 Å². The van der Waals surface area contributed by atoms with Crippen LogP contribution in [0.4, 0.5) is 20.6 Å². The van der Waals surface area contributed by atoms with Gasteiger partial charge in [-0.05, 0) is 30.3 Å². The lowest BCUT2D eigenvalue weighted by molar-refractivity contribution is -0.119. The average molecular weight is 492 g/mol. The summed E-state index contributed by atoms with van der Waals surface area (Å²) in [5.41, 5.74) is 3.57. The van der Waals surface area contributed by atoms with Crippen LogP contribution in [0.3, 0.4) is 0 Å². The van der Waals surface area contributed by atoms with E-state index in [0.29, 0.717) is 24.5 Å². The molecule has 0 aliphatic carbocycles. The van der Waals surface area contributed by atoms with Crippen LogP contribution in [0.25, 0.3) is 0 Å². The van der Waals surface area contributed by atoms with Crippen LogP contribution in [0.2, 0.25) is 0 Å². The Kier molecular flexibility index (Phi) is 7.00. The molecule has 2 aliphatic heterocycles. The molecule has 0 spiro atoms. The molecule has 2 saturated heterocycles. The zero-order valence-electron chi connectivity index (χ0n) is 18.6. The van der Waals surface area contributed by atoms with E-state index in [1.165, 1.54) is 34.4 Å². The van der Waals surface area contributed by atoms with Crippen molar-refractivity contribution >= 4 is 33.4 Å². The predicted octanol–water partition coefficient (Wildman–Crippen LogP) is 1.30. The van der Waals surface area contributed by atoms with Crippen LogP contribution < -0.4 is 20.5 Å². The number of amides is 2. The van der Waals surface area contributed by atoms with E-state index in [1.807, 2.05) is 0 Å². The lowest BCUT2D eigenvalue weighted by Gasteiger charge is -2.24. The molecule has 2 fully saturated rings. The minimum absolute atomic E-state index is 0.127. The minimum Gasteiger partial charge on any atom is -0.442 e. The molecule has 10 nitrogen and oxygen atoms in total. The highest BCUT2D eigenvalue weighted by atomic mass is 32.2. The standard InChI is InChI=1S/C22H26FN5O5S/c1-16(29)24-14-18-15-27(22(30)33-18)17-7-8-21(20(23)13-17)26-10-9-25-28(12-11-26)34(31,32)19-5-3-2-4-6-19/h2-8,13,18,25H,9-12,14-15H2,1H3,(H,24,29)/t18-/m0/s1. The lowest BCUT2D eigenvalue weighted by atomic mass is 10.2. The third-order valence-corrected chi connectivity index (χ3v) is 7.37. The summed E-state index contributed by atoms with van der Waals surface area (Å²) in [7, 11) is -3.72. The molecule has 2 aromatic rings. The molecule has 2 heterocycles. The Hall–Kier alpha value is -3.22. The van der Waals surface area contributed by atoms with Crippen LogP contribution in [0.1, 0.15) is 6.92 Å². The third-order valence-electron chi connectivity index (χ3n) is 5.61. The van der Waals surface area contributed by atoms with Gasteiger partial charge in [0.1, 0.15) is 11.9 Å². The first-order valence-corrected chi connectivity index (χ1v) is 12.3. The van der Waals surface area contributed by atoms with E-state index >= 15 is 4.39 Å². The van der Waals surface area contributed by atoms with Gasteiger partial charge in [0.2, 0.25) is 5.91 Å². The van der Waals surface area contributed by atoms with E-state index in [4.69, 9.17) is 4.74 Å². The monoisotopic (exact) mass is 491 g/mol. The molecular weight excluding hydrogens is 465 g/mol. The summed E-state index contributed by atoms with van der Waals surface area (Å²) in [6.07, 6.45) is -1.13. The highest BCUT2D eigenvalue weighted by Crippen LogP contribution is 2.28. The minimum atomic E-state index is -3.72. The molecule has 0 unspecified atom stereocenters. The number of hydrazine groups is 1. The molecule has 2 N–H and O–H groups in total. The number of carbonyl (C=O) groups is 2. The fourth-order valence-corrected chi connectivity index (χ4v) is 5.23. The second-order valence-corrected chi connectivity index (χ2v) is 9.84. The van der Waals surface area contributed by atoms with Crippen molar-refractivity contribution in [1.82, 2.24) is 15.2 Å². The van der Waals surface area contributed by atoms with E-state index in [2.05, 4.69) is 10.7 Å². The first-order chi connectivity index (χ1) is 16.3. The van der Waals surface area contributed by atoms with Crippen LogP contribution >= 0.6 is 0 Å². The molecule has 4 rings (SSSR count). The number of halogens is 1. The number of cyclic esters (lactones) is 1. The smallest absolute Gasteiger partial charge is 0.414 e. The van der Waals surface area contributed by atoms with E-state index in [1.54, 1.807) is 35.2 Å². The number of carbonyl (C=O) groups excluding carboxylic acids is 2. The van der Waals surface area contributed by atoms with Crippen molar-refractivity contribution in [2.75, 3.05) is 49.1 Å². The summed E-state index contributed by atoms with van der Waals surface area (Å²) in [6, 6.07) is 12.6. The molecule has 182 valence electrons. The first-order valence-electron chi connectivity index (χ1n) is 10.8. The molecule has 12 heteroatoms. The Morgan fingerprint density at radius 1 is 1.18 bits per heavy atom. The summed E-state index contributed by atoms with van der Waals surface area (Å²) in [4.78, 5) is 26.5. The van der Waals surface area contributed by atoms with Crippen LogP contribution in [0.15, 0.2) is 53.4 Å². The van der Waals surface area contributed by atoms with E-state index < -0.39 is 28.0 Å². The Balaban J connectivity index is 1.43. The maximum atomic E-state index is 15.1. The topological polar surface area (TPSA) is 111 Å². The largest absolute Gasteiger partial charge is 0.442 e. The van der Waals surface area contributed by atoms with Gasteiger partial charge in [-0.25, -0.2) is 23.0 Å². The van der Waals surface area contributed by atoms with Gasteiger partial charge in [0.25, 0.3) is 10.0 Å². The van der Waals surface area contributed by atoms with Gasteiger partial charge in [-0.3, -0.25) is 9.69 Å². The molecule has 0 saturated carbocycles. The fourth-order valence-electron chi connectivity index (χ4n) is 3.89. The number of ether oxygens (including phenoxy) is 1. The number of nitrogens with zero attached hydrogens (tertiary/aromatic N) is 3. The number of hydrogen-bond acceptors (Lipinski definition) is 7. The molecule has 2 amide bonds. The summed E-state index contributed by atoms with van der Waals surface area (Å²) in [6.45, 7) is 2.84. The van der Waals surface area contributed by atoms with Gasteiger partial charge in [0, 0.05) is 33.1 Å². The number of benzene rings is 2. The summed E-state index contributed by atoms with van der Waals surface area (Å²) >= 11 is 0. The second-order valence-electron chi connectivity index (χ2n) is 7.97. The van der Waals surface area contributed by atoms with Crippen LogP contribution in [-0.4, -0.2) is 70.2 Å². The van der Waals surface area contributed by atoms with Gasteiger partial charge in [0.15, 0.2) is 0 Å². The van der Waals surface area contributed by atoms with Gasteiger partial charge in [-0.2, -0.15) is 0 Å². The summed E-state index contributed by atoms with van der Waals surface area (Å²) < 4.78 is 47.2. The van der Waals surface area contributed by atoms with E-state index in [-0.39, 0.29) is 37.0 Å². The summed E-state index contributed by atoms with van der Waals surface area (Å²) in [5.74, 6) is -0.762.